The van der Waals surface area contributed by atoms with Crippen LogP contribution in [0.25, 0.3) is 0 Å². The molecule has 0 aromatic heterocycles. The van der Waals surface area contributed by atoms with Crippen molar-refractivity contribution >= 4 is 0 Å². The normalized spacial score (nSPS) is 18.2. The highest BCUT2D eigenvalue weighted by atomic mass is 14.2. The zero-order valence-corrected chi connectivity index (χ0v) is 10.4. The van der Waals surface area contributed by atoms with E-state index in [0.29, 0.717) is 5.92 Å². The third kappa shape index (κ3) is 2.71. The lowest BCUT2D eigenvalue weighted by Crippen LogP contribution is -2.01. The van der Waals surface area contributed by atoms with Crippen LogP contribution >= 0.6 is 0 Å². The lowest BCUT2D eigenvalue weighted by atomic mass is 9.87. The summed E-state index contributed by atoms with van der Waals surface area (Å²) in [6, 6.07) is 0. The largest absolute Gasteiger partial charge is 0.0985 e. The maximum absolute atomic E-state index is 3.96. The van der Waals surface area contributed by atoms with Crippen molar-refractivity contribution in [3.8, 4) is 0 Å². The molecule has 0 N–H and O–H groups in total. The second kappa shape index (κ2) is 5.16. The Labute approximate surface area is 94.1 Å². The fourth-order valence-corrected chi connectivity index (χ4v) is 1.97. The Kier molecular flexibility index (Phi) is 4.14. The van der Waals surface area contributed by atoms with Crippen molar-refractivity contribution in [3.63, 3.8) is 0 Å². The van der Waals surface area contributed by atoms with Gasteiger partial charge in [-0.25, -0.2) is 0 Å². The molecule has 0 fully saturated rings. The van der Waals surface area contributed by atoms with E-state index in [1.54, 1.807) is 0 Å². The summed E-state index contributed by atoms with van der Waals surface area (Å²) in [6.07, 6.45) is 8.83. The third-order valence-corrected chi connectivity index (χ3v) is 3.22. The molecule has 82 valence electrons. The molecule has 0 amide bonds. The molecule has 0 spiro atoms. The highest BCUT2D eigenvalue weighted by Gasteiger charge is 2.11. The molecule has 0 saturated carbocycles. The topological polar surface area (TPSA) is 0 Å². The third-order valence-electron chi connectivity index (χ3n) is 3.22. The summed E-state index contributed by atoms with van der Waals surface area (Å²) in [7, 11) is 0. The van der Waals surface area contributed by atoms with Crippen LogP contribution in [0.5, 0.6) is 0 Å². The highest BCUT2D eigenvalue weighted by Crippen LogP contribution is 2.30. The highest BCUT2D eigenvalue weighted by molar-refractivity contribution is 5.48. The molecule has 1 aliphatic carbocycles. The predicted molar refractivity (Wildman–Crippen MR) is 68.8 cm³/mol. The van der Waals surface area contributed by atoms with E-state index in [4.69, 9.17) is 0 Å². The van der Waals surface area contributed by atoms with Crippen LogP contribution in [-0.2, 0) is 0 Å². The Morgan fingerprint density at radius 3 is 2.60 bits per heavy atom. The van der Waals surface area contributed by atoms with Gasteiger partial charge in [0.1, 0.15) is 0 Å². The minimum absolute atomic E-state index is 0.601. The molecule has 0 saturated heterocycles. The van der Waals surface area contributed by atoms with Crippen LogP contribution in [0, 0.1) is 5.92 Å². The van der Waals surface area contributed by atoms with Gasteiger partial charge in [0, 0.05) is 0 Å². The zero-order valence-electron chi connectivity index (χ0n) is 10.4. The molecular weight excluding hydrogens is 180 g/mol. The molecule has 0 radical (unpaired) electrons. The zero-order chi connectivity index (χ0) is 11.4. The van der Waals surface area contributed by atoms with E-state index in [1.807, 2.05) is 6.08 Å². The van der Waals surface area contributed by atoms with Crippen molar-refractivity contribution in [3.05, 3.63) is 47.1 Å². The van der Waals surface area contributed by atoms with Gasteiger partial charge in [-0.3, -0.25) is 0 Å². The minimum Gasteiger partial charge on any atom is -0.0985 e. The summed E-state index contributed by atoms with van der Waals surface area (Å²) in [4.78, 5) is 0. The van der Waals surface area contributed by atoms with Crippen molar-refractivity contribution in [1.29, 1.82) is 0 Å². The van der Waals surface area contributed by atoms with Crippen LogP contribution in [0.15, 0.2) is 47.1 Å². The molecule has 1 rings (SSSR count). The summed E-state index contributed by atoms with van der Waals surface area (Å²) in [5.41, 5.74) is 5.70. The molecule has 0 heteroatoms. The number of hydrogen-bond donors (Lipinski definition) is 0. The summed E-state index contributed by atoms with van der Waals surface area (Å²) in [6.45, 7) is 12.9. The Morgan fingerprint density at radius 2 is 2.13 bits per heavy atom. The quantitative estimate of drug-likeness (QED) is 0.576. The van der Waals surface area contributed by atoms with E-state index in [9.17, 15) is 0 Å². The van der Waals surface area contributed by atoms with Gasteiger partial charge < -0.3 is 0 Å². The van der Waals surface area contributed by atoms with Gasteiger partial charge in [0.05, 0.1) is 0 Å². The Bertz CT molecular complexity index is 335. The van der Waals surface area contributed by atoms with E-state index in [1.165, 1.54) is 22.3 Å². The van der Waals surface area contributed by atoms with Crippen LogP contribution in [0.2, 0.25) is 0 Å². The molecule has 0 aromatic carbocycles. The first kappa shape index (κ1) is 12.0. The van der Waals surface area contributed by atoms with E-state index in [-0.39, 0.29) is 0 Å². The summed E-state index contributed by atoms with van der Waals surface area (Å²) in [5, 5.41) is 0. The fraction of sp³-hybridized carbons (Fsp3) is 0.467. The average Bonchev–Trinajstić information content (AvgIpc) is 2.21. The van der Waals surface area contributed by atoms with Gasteiger partial charge in [-0.1, -0.05) is 44.2 Å². The minimum atomic E-state index is 0.601. The fourth-order valence-electron chi connectivity index (χ4n) is 1.97. The van der Waals surface area contributed by atoms with Crippen LogP contribution in [0.4, 0.5) is 0 Å². The molecule has 0 aliphatic heterocycles. The summed E-state index contributed by atoms with van der Waals surface area (Å²) >= 11 is 0. The first-order valence-electron chi connectivity index (χ1n) is 5.77. The van der Waals surface area contributed by atoms with Gasteiger partial charge in [0.15, 0.2) is 0 Å². The van der Waals surface area contributed by atoms with Crippen molar-refractivity contribution in [2.24, 2.45) is 5.92 Å². The molecule has 0 heterocycles. The van der Waals surface area contributed by atoms with E-state index < -0.39 is 0 Å². The molecule has 0 nitrogen and oxygen atoms in total. The van der Waals surface area contributed by atoms with Gasteiger partial charge in [-0.05, 0) is 49.3 Å². The van der Waals surface area contributed by atoms with Crippen LogP contribution in [0.3, 0.4) is 0 Å². The average molecular weight is 202 g/mol. The molecule has 0 bridgehead atoms. The van der Waals surface area contributed by atoms with Gasteiger partial charge in [-0.15, -0.1) is 0 Å². The van der Waals surface area contributed by atoms with Crippen LogP contribution < -0.4 is 0 Å². The van der Waals surface area contributed by atoms with Crippen molar-refractivity contribution < 1.29 is 0 Å². The van der Waals surface area contributed by atoms with E-state index >= 15 is 0 Å². The lowest BCUT2D eigenvalue weighted by molar-refractivity contribution is 0.758. The number of hydrogen-bond acceptors (Lipinski definition) is 0. The van der Waals surface area contributed by atoms with E-state index in [2.05, 4.69) is 46.4 Å². The van der Waals surface area contributed by atoms with Gasteiger partial charge in [0.2, 0.25) is 0 Å². The number of rotatable bonds is 3. The smallest absolute Gasteiger partial charge is 0.0235 e. The summed E-state index contributed by atoms with van der Waals surface area (Å²) in [5.74, 6) is 0.601. The first-order chi connectivity index (χ1) is 7.07. The Balaban J connectivity index is 3.18. The maximum Gasteiger partial charge on any atom is -0.0235 e. The van der Waals surface area contributed by atoms with Gasteiger partial charge >= 0.3 is 0 Å². The molecule has 15 heavy (non-hydrogen) atoms. The molecule has 1 aliphatic rings. The van der Waals surface area contributed by atoms with Gasteiger partial charge in [-0.2, -0.15) is 0 Å². The molecular formula is C15H22. The first-order valence-corrected chi connectivity index (χ1v) is 5.77. The Morgan fingerprint density at radius 1 is 1.47 bits per heavy atom. The van der Waals surface area contributed by atoms with Crippen molar-refractivity contribution in [2.75, 3.05) is 0 Å². The molecule has 0 aromatic rings. The Hall–Kier alpha value is -1.04. The second-order valence-electron chi connectivity index (χ2n) is 4.56. The van der Waals surface area contributed by atoms with Crippen LogP contribution in [0.1, 0.15) is 40.5 Å². The standard InChI is InChI=1S/C15H22/c1-6-14(13(5)11(2)3)15-10-8-7-9-12(15)4/h6-7,9,11H,1,8,10H2,2-5H3/b14-13+. The number of allylic oxidation sites excluding steroid dienone is 7. The predicted octanol–water partition coefficient (Wildman–Crippen LogP) is 4.81. The maximum atomic E-state index is 3.96. The second-order valence-corrected chi connectivity index (χ2v) is 4.56. The van der Waals surface area contributed by atoms with Crippen molar-refractivity contribution in [2.45, 2.75) is 40.5 Å². The van der Waals surface area contributed by atoms with Crippen LogP contribution in [-0.4, -0.2) is 0 Å². The van der Waals surface area contributed by atoms with E-state index in [0.717, 1.165) is 12.8 Å². The molecule has 0 atom stereocenters. The lowest BCUT2D eigenvalue weighted by Gasteiger charge is -2.19. The summed E-state index contributed by atoms with van der Waals surface area (Å²) < 4.78 is 0. The molecule has 0 unspecified atom stereocenters. The SMILES string of the molecule is C=C/C(C1=C(C)C=CCC1)=C(/C)C(C)C. The van der Waals surface area contributed by atoms with Gasteiger partial charge in [0.25, 0.3) is 0 Å². The monoisotopic (exact) mass is 202 g/mol. The van der Waals surface area contributed by atoms with Crippen molar-refractivity contribution in [1.82, 2.24) is 0 Å².